The second-order valence-corrected chi connectivity index (χ2v) is 6.45. The molecule has 0 aliphatic rings. The molecule has 1 rings (SSSR count). The molecule has 4 nitrogen and oxygen atoms in total. The van der Waals surface area contributed by atoms with E-state index in [0.29, 0.717) is 23.7 Å². The molecule has 6 heteroatoms. The number of sulfonamides is 1. The Morgan fingerprint density at radius 1 is 1.33 bits per heavy atom. The molecule has 2 N–H and O–H groups in total. The summed E-state index contributed by atoms with van der Waals surface area (Å²) in [5, 5.41) is 0.380. The van der Waals surface area contributed by atoms with Gasteiger partial charge in [0.1, 0.15) is 0 Å². The lowest BCUT2D eigenvalue weighted by molar-refractivity contribution is 0.427. The van der Waals surface area contributed by atoms with Crippen LogP contribution in [0.2, 0.25) is 5.02 Å². The number of rotatable bonds is 5. The lowest BCUT2D eigenvalue weighted by Crippen LogP contribution is -2.32. The van der Waals surface area contributed by atoms with Gasteiger partial charge >= 0.3 is 0 Å². The first kappa shape index (κ1) is 15.3. The van der Waals surface area contributed by atoms with E-state index in [4.69, 9.17) is 17.3 Å². The van der Waals surface area contributed by atoms with Crippen molar-refractivity contribution in [2.45, 2.75) is 32.1 Å². The second-order valence-electron chi connectivity index (χ2n) is 4.14. The smallest absolute Gasteiger partial charge is 0.243 e. The normalized spacial score (nSPS) is 12.1. The summed E-state index contributed by atoms with van der Waals surface area (Å²) in [4.78, 5) is 0.236. The van der Waals surface area contributed by atoms with Crippen LogP contribution in [0.15, 0.2) is 17.0 Å². The predicted molar refractivity (Wildman–Crippen MR) is 75.3 cm³/mol. The molecule has 0 aliphatic heterocycles. The monoisotopic (exact) mass is 290 g/mol. The summed E-state index contributed by atoms with van der Waals surface area (Å²) in [6.45, 7) is 6.43. The minimum atomic E-state index is -3.49. The van der Waals surface area contributed by atoms with Crippen LogP contribution < -0.4 is 5.73 Å². The summed E-state index contributed by atoms with van der Waals surface area (Å²) >= 11 is 5.88. The van der Waals surface area contributed by atoms with Crippen molar-refractivity contribution in [1.29, 1.82) is 0 Å². The van der Waals surface area contributed by atoms with Crippen molar-refractivity contribution in [3.8, 4) is 0 Å². The van der Waals surface area contributed by atoms with E-state index in [1.165, 1.54) is 10.4 Å². The molecule has 18 heavy (non-hydrogen) atoms. The van der Waals surface area contributed by atoms with Gasteiger partial charge in [-0.3, -0.25) is 0 Å². The predicted octanol–water partition coefficient (Wildman–Crippen LogP) is 2.65. The second kappa shape index (κ2) is 5.91. The summed E-state index contributed by atoms with van der Waals surface area (Å²) in [6, 6.07) is 3.02. The molecule has 0 fully saturated rings. The van der Waals surface area contributed by atoms with E-state index in [1.807, 2.05) is 13.8 Å². The Balaban J connectivity index is 3.32. The number of benzene rings is 1. The van der Waals surface area contributed by atoms with E-state index in [9.17, 15) is 8.42 Å². The van der Waals surface area contributed by atoms with Gasteiger partial charge in [0.05, 0.1) is 15.6 Å². The van der Waals surface area contributed by atoms with Crippen LogP contribution in [0.25, 0.3) is 0 Å². The fourth-order valence-electron chi connectivity index (χ4n) is 1.78. The zero-order chi connectivity index (χ0) is 13.9. The molecule has 0 bridgehead atoms. The van der Waals surface area contributed by atoms with Gasteiger partial charge in [0.2, 0.25) is 10.0 Å². The van der Waals surface area contributed by atoms with Gasteiger partial charge in [-0.25, -0.2) is 8.42 Å². The molecule has 0 aromatic heterocycles. The summed E-state index contributed by atoms with van der Waals surface area (Å²) in [6.07, 6.45) is 0.773. The molecule has 102 valence electrons. The number of anilines is 1. The van der Waals surface area contributed by atoms with Crippen LogP contribution in [0.3, 0.4) is 0 Å². The van der Waals surface area contributed by atoms with Gasteiger partial charge < -0.3 is 5.73 Å². The lowest BCUT2D eigenvalue weighted by atomic mass is 10.2. The summed E-state index contributed by atoms with van der Waals surface area (Å²) < 4.78 is 26.4. The number of hydrogen-bond acceptors (Lipinski definition) is 3. The number of aryl methyl sites for hydroxylation is 1. The zero-order valence-electron chi connectivity index (χ0n) is 10.9. The molecule has 0 amide bonds. The Morgan fingerprint density at radius 2 is 1.94 bits per heavy atom. The third-order valence-corrected chi connectivity index (χ3v) is 5.18. The quantitative estimate of drug-likeness (QED) is 0.848. The molecule has 0 unspecified atom stereocenters. The Kier molecular flexibility index (Phi) is 5.01. The number of halogens is 1. The van der Waals surface area contributed by atoms with Crippen molar-refractivity contribution in [3.05, 3.63) is 22.7 Å². The molecule has 0 aliphatic carbocycles. The summed E-state index contributed by atoms with van der Waals surface area (Å²) in [5.74, 6) is 0. The number of nitrogens with zero attached hydrogens (tertiary/aromatic N) is 1. The minimum absolute atomic E-state index is 0.236. The highest BCUT2D eigenvalue weighted by atomic mass is 35.5. The van der Waals surface area contributed by atoms with Crippen LogP contribution in [-0.4, -0.2) is 25.8 Å². The largest absolute Gasteiger partial charge is 0.397 e. The topological polar surface area (TPSA) is 63.4 Å². The van der Waals surface area contributed by atoms with E-state index in [-0.39, 0.29) is 10.6 Å². The Labute approximate surface area is 114 Å². The Bertz CT molecular complexity index is 529. The zero-order valence-corrected chi connectivity index (χ0v) is 12.5. The maximum absolute atomic E-state index is 12.5. The van der Waals surface area contributed by atoms with Crippen LogP contribution in [0.4, 0.5) is 5.69 Å². The van der Waals surface area contributed by atoms with Gasteiger partial charge in [-0.15, -0.1) is 0 Å². The van der Waals surface area contributed by atoms with Crippen LogP contribution in [0, 0.1) is 6.92 Å². The molecule has 0 spiro atoms. The van der Waals surface area contributed by atoms with Gasteiger partial charge in [-0.1, -0.05) is 25.4 Å². The Hall–Kier alpha value is -0.780. The molecule has 0 radical (unpaired) electrons. The van der Waals surface area contributed by atoms with Crippen LogP contribution >= 0.6 is 11.6 Å². The van der Waals surface area contributed by atoms with Crippen molar-refractivity contribution in [1.82, 2.24) is 4.31 Å². The molecule has 0 heterocycles. The Morgan fingerprint density at radius 3 is 2.44 bits per heavy atom. The highest BCUT2D eigenvalue weighted by molar-refractivity contribution is 7.89. The molecule has 1 aromatic carbocycles. The lowest BCUT2D eigenvalue weighted by Gasteiger charge is -2.21. The van der Waals surface area contributed by atoms with Crippen molar-refractivity contribution < 1.29 is 8.42 Å². The van der Waals surface area contributed by atoms with Crippen LogP contribution in [0.1, 0.15) is 25.8 Å². The number of nitrogens with two attached hydrogens (primary N) is 1. The highest BCUT2D eigenvalue weighted by Gasteiger charge is 2.24. The molecule has 0 saturated carbocycles. The third-order valence-electron chi connectivity index (χ3n) is 2.74. The minimum Gasteiger partial charge on any atom is -0.397 e. The van der Waals surface area contributed by atoms with Crippen molar-refractivity contribution in [2.75, 3.05) is 18.8 Å². The van der Waals surface area contributed by atoms with Gasteiger partial charge in [0, 0.05) is 13.1 Å². The first-order chi connectivity index (χ1) is 8.34. The fraction of sp³-hybridized carbons (Fsp3) is 0.500. The first-order valence-electron chi connectivity index (χ1n) is 5.90. The van der Waals surface area contributed by atoms with E-state index in [1.54, 1.807) is 13.0 Å². The van der Waals surface area contributed by atoms with E-state index in [2.05, 4.69) is 0 Å². The van der Waals surface area contributed by atoms with Gasteiger partial charge in [0.25, 0.3) is 0 Å². The standard InChI is InChI=1S/C12H19ClN2O2S/c1-4-6-15(5-2)18(16,17)12-8-11(14)10(13)7-9(12)3/h7-8H,4-6,14H2,1-3H3. The van der Waals surface area contributed by atoms with Crippen molar-refractivity contribution in [2.24, 2.45) is 0 Å². The van der Waals surface area contributed by atoms with Crippen molar-refractivity contribution in [3.63, 3.8) is 0 Å². The average molecular weight is 291 g/mol. The van der Waals surface area contributed by atoms with E-state index >= 15 is 0 Å². The van der Waals surface area contributed by atoms with Gasteiger partial charge in [0.15, 0.2) is 0 Å². The maximum Gasteiger partial charge on any atom is 0.243 e. The van der Waals surface area contributed by atoms with E-state index in [0.717, 1.165) is 6.42 Å². The molecular formula is C12H19ClN2O2S. The fourth-order valence-corrected chi connectivity index (χ4v) is 3.78. The van der Waals surface area contributed by atoms with Gasteiger partial charge in [-0.2, -0.15) is 4.31 Å². The van der Waals surface area contributed by atoms with Crippen LogP contribution in [0.5, 0.6) is 0 Å². The van der Waals surface area contributed by atoms with Crippen molar-refractivity contribution >= 4 is 27.3 Å². The third kappa shape index (κ3) is 2.96. The number of nitrogen functional groups attached to an aromatic ring is 1. The molecule has 0 saturated heterocycles. The maximum atomic E-state index is 12.5. The number of hydrogen-bond donors (Lipinski definition) is 1. The summed E-state index contributed by atoms with van der Waals surface area (Å²) in [5.41, 5.74) is 6.59. The van der Waals surface area contributed by atoms with Gasteiger partial charge in [-0.05, 0) is 31.0 Å². The molecule has 1 aromatic rings. The highest BCUT2D eigenvalue weighted by Crippen LogP contribution is 2.28. The molecule has 0 atom stereocenters. The average Bonchev–Trinajstić information content (AvgIpc) is 2.30. The van der Waals surface area contributed by atoms with Crippen LogP contribution in [-0.2, 0) is 10.0 Å². The first-order valence-corrected chi connectivity index (χ1v) is 7.72. The molecular weight excluding hydrogens is 272 g/mol. The SMILES string of the molecule is CCCN(CC)S(=O)(=O)c1cc(N)c(Cl)cc1C. The summed E-state index contributed by atoms with van der Waals surface area (Å²) in [7, 11) is -3.49. The van der Waals surface area contributed by atoms with E-state index < -0.39 is 10.0 Å².